The van der Waals surface area contributed by atoms with Gasteiger partial charge in [0.15, 0.2) is 0 Å². The summed E-state index contributed by atoms with van der Waals surface area (Å²) < 4.78 is 21.9. The normalized spacial score (nSPS) is 23.8. The Labute approximate surface area is 165 Å². The maximum absolute atomic E-state index is 12.3. The maximum Gasteiger partial charge on any atom is 0.333 e. The quantitative estimate of drug-likeness (QED) is 0.196. The van der Waals surface area contributed by atoms with Crippen molar-refractivity contribution < 1.29 is 38.7 Å². The van der Waals surface area contributed by atoms with Gasteiger partial charge < -0.3 is 29.2 Å². The first-order valence-electron chi connectivity index (χ1n) is 9.65. The third kappa shape index (κ3) is 7.35. The first kappa shape index (κ1) is 22.5. The topological polar surface area (TPSA) is 118 Å². The summed E-state index contributed by atoms with van der Waals surface area (Å²) in [4.78, 5) is 23.7. The Bertz CT molecular complexity index is 603. The van der Waals surface area contributed by atoms with Crippen LogP contribution in [0.15, 0.2) is 23.3 Å². The van der Waals surface area contributed by atoms with Crippen LogP contribution in [0.1, 0.15) is 39.5 Å². The third-order valence-corrected chi connectivity index (χ3v) is 4.59. The molecule has 2 heterocycles. The molecular formula is C20H30O8. The third-order valence-electron chi connectivity index (χ3n) is 4.59. The van der Waals surface area contributed by atoms with E-state index in [1.807, 2.05) is 0 Å². The Morgan fingerprint density at radius 1 is 1.07 bits per heavy atom. The van der Waals surface area contributed by atoms with Gasteiger partial charge in [0.2, 0.25) is 0 Å². The number of aliphatic carboxylic acids is 1. The van der Waals surface area contributed by atoms with Crippen molar-refractivity contribution >= 4 is 11.9 Å². The van der Waals surface area contributed by atoms with Crippen LogP contribution in [-0.2, 0) is 28.5 Å². The number of aliphatic hydroxyl groups excluding tert-OH is 1. The Morgan fingerprint density at radius 2 is 1.71 bits per heavy atom. The second kappa shape index (κ2) is 10.7. The fourth-order valence-corrected chi connectivity index (χ4v) is 2.76. The molecule has 3 atom stereocenters. The lowest BCUT2D eigenvalue weighted by atomic mass is 9.93. The van der Waals surface area contributed by atoms with Gasteiger partial charge in [0.25, 0.3) is 0 Å². The molecule has 2 aliphatic rings. The Morgan fingerprint density at radius 3 is 2.29 bits per heavy atom. The molecule has 0 aromatic carbocycles. The highest BCUT2D eigenvalue weighted by Gasteiger charge is 2.47. The number of unbranched alkanes of at least 4 members (excludes halogenated alkanes) is 3. The lowest BCUT2D eigenvalue weighted by Gasteiger charge is -2.27. The van der Waals surface area contributed by atoms with Gasteiger partial charge in [-0.2, -0.15) is 0 Å². The van der Waals surface area contributed by atoms with Gasteiger partial charge in [0.05, 0.1) is 26.4 Å². The van der Waals surface area contributed by atoms with Crippen molar-refractivity contribution in [3.63, 3.8) is 0 Å². The number of epoxide rings is 2. The van der Waals surface area contributed by atoms with Gasteiger partial charge in [0, 0.05) is 17.8 Å². The van der Waals surface area contributed by atoms with Crippen molar-refractivity contribution in [2.45, 2.75) is 57.3 Å². The number of aliphatic hydroxyl groups is 1. The molecule has 2 rings (SSSR count). The van der Waals surface area contributed by atoms with Gasteiger partial charge in [-0.25, -0.2) is 9.59 Å². The summed E-state index contributed by atoms with van der Waals surface area (Å²) in [5, 5.41) is 18.0. The molecule has 0 radical (unpaired) electrons. The van der Waals surface area contributed by atoms with Crippen LogP contribution in [0.4, 0.5) is 0 Å². The molecule has 0 amide bonds. The second-order valence-electron chi connectivity index (χ2n) is 7.18. The molecule has 2 saturated heterocycles. The van der Waals surface area contributed by atoms with Crippen molar-refractivity contribution in [2.75, 3.05) is 33.0 Å². The van der Waals surface area contributed by atoms with Gasteiger partial charge in [-0.1, -0.05) is 6.42 Å². The second-order valence-corrected chi connectivity index (χ2v) is 7.18. The molecule has 158 valence electrons. The molecule has 0 bridgehead atoms. The molecule has 0 aromatic heterocycles. The summed E-state index contributed by atoms with van der Waals surface area (Å²) >= 11 is 0. The Hall–Kier alpha value is -1.74. The number of ether oxygens (including phenoxy) is 4. The number of carboxylic acid groups (broad SMARTS) is 1. The molecule has 2 aliphatic heterocycles. The van der Waals surface area contributed by atoms with Crippen LogP contribution in [-0.4, -0.2) is 73.0 Å². The number of hydrogen-bond donors (Lipinski definition) is 2. The van der Waals surface area contributed by atoms with E-state index in [1.165, 1.54) is 13.0 Å². The van der Waals surface area contributed by atoms with Crippen LogP contribution < -0.4 is 0 Å². The average molecular weight is 398 g/mol. The van der Waals surface area contributed by atoms with E-state index in [1.54, 1.807) is 13.0 Å². The number of hydrogen-bond acceptors (Lipinski definition) is 7. The van der Waals surface area contributed by atoms with Crippen LogP contribution >= 0.6 is 0 Å². The minimum atomic E-state index is -1.15. The lowest BCUT2D eigenvalue weighted by molar-refractivity contribution is -0.139. The fraction of sp³-hybridized carbons (Fsp3) is 0.700. The van der Waals surface area contributed by atoms with E-state index in [2.05, 4.69) is 0 Å². The molecule has 28 heavy (non-hydrogen) atoms. The lowest BCUT2D eigenvalue weighted by Crippen LogP contribution is -2.37. The molecule has 0 aliphatic carbocycles. The minimum Gasteiger partial charge on any atom is -0.478 e. The van der Waals surface area contributed by atoms with E-state index in [9.17, 15) is 14.7 Å². The predicted molar refractivity (Wildman–Crippen MR) is 99.8 cm³/mol. The van der Waals surface area contributed by atoms with E-state index in [0.29, 0.717) is 25.4 Å². The number of rotatable bonds is 14. The summed E-state index contributed by atoms with van der Waals surface area (Å²) in [6, 6.07) is 0. The molecule has 0 spiro atoms. The SMILES string of the molecule is CC(=CC(C=C(C)C(=O)OCCCCCCO)(OCC1CO1)C1CO1)C(=O)O. The van der Waals surface area contributed by atoms with Gasteiger partial charge >= 0.3 is 11.9 Å². The molecule has 0 saturated carbocycles. The Balaban J connectivity index is 2.04. The molecule has 2 N–H and O–H groups in total. The van der Waals surface area contributed by atoms with Crippen LogP contribution in [0.3, 0.4) is 0 Å². The van der Waals surface area contributed by atoms with E-state index in [4.69, 9.17) is 24.1 Å². The van der Waals surface area contributed by atoms with Gasteiger partial charge in [-0.05, 0) is 45.3 Å². The molecule has 8 heteroatoms. The van der Waals surface area contributed by atoms with E-state index < -0.39 is 17.5 Å². The van der Waals surface area contributed by atoms with Crippen molar-refractivity contribution in [3.05, 3.63) is 23.3 Å². The zero-order valence-electron chi connectivity index (χ0n) is 16.5. The predicted octanol–water partition coefficient (Wildman–Crippen LogP) is 1.61. The van der Waals surface area contributed by atoms with Crippen molar-refractivity contribution in [1.29, 1.82) is 0 Å². The number of carbonyl (C=O) groups excluding carboxylic acids is 1. The number of carboxylic acids is 1. The summed E-state index contributed by atoms with van der Waals surface area (Å²) in [6.45, 7) is 4.86. The summed E-state index contributed by atoms with van der Waals surface area (Å²) in [5.41, 5.74) is -0.718. The van der Waals surface area contributed by atoms with E-state index in [-0.39, 0.29) is 31.0 Å². The van der Waals surface area contributed by atoms with Gasteiger partial charge in [0.1, 0.15) is 17.8 Å². The van der Waals surface area contributed by atoms with Crippen LogP contribution in [0, 0.1) is 0 Å². The molecular weight excluding hydrogens is 368 g/mol. The van der Waals surface area contributed by atoms with Crippen LogP contribution in [0.2, 0.25) is 0 Å². The van der Waals surface area contributed by atoms with Crippen molar-refractivity contribution in [1.82, 2.24) is 0 Å². The highest BCUT2D eigenvalue weighted by atomic mass is 16.6. The smallest absolute Gasteiger partial charge is 0.333 e. The van der Waals surface area contributed by atoms with Gasteiger partial charge in [-0.15, -0.1) is 0 Å². The van der Waals surface area contributed by atoms with E-state index >= 15 is 0 Å². The zero-order chi connectivity index (χ0) is 20.6. The molecule has 0 aromatic rings. The standard InChI is InChI=1S/C20H30O8/c1-14(18(22)23)9-20(17-13-27-17,28-12-16-11-26-16)10-15(2)19(24)25-8-6-4-3-5-7-21/h9-10,16-17,21H,3-8,11-13H2,1-2H3,(H,22,23). The highest BCUT2D eigenvalue weighted by Crippen LogP contribution is 2.34. The van der Waals surface area contributed by atoms with Crippen molar-refractivity contribution in [3.8, 4) is 0 Å². The largest absolute Gasteiger partial charge is 0.478 e. The Kier molecular flexibility index (Phi) is 8.62. The molecule has 3 unspecified atom stereocenters. The number of carbonyl (C=O) groups is 2. The maximum atomic E-state index is 12.3. The van der Waals surface area contributed by atoms with Crippen LogP contribution in [0.25, 0.3) is 0 Å². The molecule has 8 nitrogen and oxygen atoms in total. The first-order chi connectivity index (χ1) is 13.4. The summed E-state index contributed by atoms with van der Waals surface area (Å²) in [7, 11) is 0. The average Bonchev–Trinajstić information content (AvgIpc) is 3.55. The summed E-state index contributed by atoms with van der Waals surface area (Å²) in [6.07, 6.45) is 5.94. The minimum absolute atomic E-state index is 0.0174. The monoisotopic (exact) mass is 398 g/mol. The van der Waals surface area contributed by atoms with Gasteiger partial charge in [-0.3, -0.25) is 0 Å². The first-order valence-corrected chi connectivity index (χ1v) is 9.65. The zero-order valence-corrected chi connectivity index (χ0v) is 16.5. The van der Waals surface area contributed by atoms with E-state index in [0.717, 1.165) is 25.7 Å². The van der Waals surface area contributed by atoms with Crippen molar-refractivity contribution in [2.24, 2.45) is 0 Å². The van der Waals surface area contributed by atoms with Crippen LogP contribution in [0.5, 0.6) is 0 Å². The highest BCUT2D eigenvalue weighted by molar-refractivity contribution is 5.89. The fourth-order valence-electron chi connectivity index (χ4n) is 2.76. The molecule has 2 fully saturated rings. The number of esters is 1. The summed E-state index contributed by atoms with van der Waals surface area (Å²) in [5.74, 6) is -1.53.